The second kappa shape index (κ2) is 6.92. The minimum atomic E-state index is -3.75. The largest absolute Gasteiger partial charge is 0.399 e. The molecule has 0 bridgehead atoms. The van der Waals surface area contributed by atoms with Crippen LogP contribution in [0.5, 0.6) is 0 Å². The highest BCUT2D eigenvalue weighted by Gasteiger charge is 2.12. The molecule has 7 heteroatoms. The fourth-order valence-corrected chi connectivity index (χ4v) is 2.66. The molecule has 1 rings (SSSR count). The highest BCUT2D eigenvalue weighted by atomic mass is 32.2. The van der Waals surface area contributed by atoms with Crippen LogP contribution in [-0.2, 0) is 10.0 Å². The van der Waals surface area contributed by atoms with Crippen LogP contribution in [0.1, 0.15) is 20.8 Å². The summed E-state index contributed by atoms with van der Waals surface area (Å²) in [7, 11) is -3.75. The predicted octanol–water partition coefficient (Wildman–Crippen LogP) is 1.06. The van der Waals surface area contributed by atoms with Gasteiger partial charge in [-0.3, -0.25) is 0 Å². The first-order valence-corrected chi connectivity index (χ1v) is 8.23. The molecule has 1 aromatic rings. The van der Waals surface area contributed by atoms with Gasteiger partial charge in [0.05, 0.1) is 4.90 Å². The van der Waals surface area contributed by atoms with Crippen LogP contribution >= 0.6 is 0 Å². The molecule has 0 radical (unpaired) electrons. The predicted molar refractivity (Wildman–Crippen MR) is 83.1 cm³/mol. The molecule has 0 aromatic heterocycles. The van der Waals surface area contributed by atoms with Gasteiger partial charge in [-0.2, -0.15) is 0 Å². The number of nitrogen functional groups attached to an aromatic ring is 1. The maximum Gasteiger partial charge on any atom is 0.238 e. The lowest BCUT2D eigenvalue weighted by molar-refractivity contribution is 0.295. The molecule has 0 aliphatic rings. The van der Waals surface area contributed by atoms with E-state index in [9.17, 15) is 8.42 Å². The van der Waals surface area contributed by atoms with Crippen molar-refractivity contribution in [3.8, 4) is 0 Å². The Hall–Kier alpha value is -1.31. The highest BCUT2D eigenvalue weighted by molar-refractivity contribution is 7.89. The van der Waals surface area contributed by atoms with Crippen LogP contribution in [-0.4, -0.2) is 39.0 Å². The zero-order valence-corrected chi connectivity index (χ0v) is 13.1. The van der Waals surface area contributed by atoms with Gasteiger partial charge in [0.1, 0.15) is 0 Å². The fraction of sp³-hybridized carbons (Fsp3) is 0.538. The van der Waals surface area contributed by atoms with E-state index in [0.29, 0.717) is 11.4 Å². The molecule has 0 fully saturated rings. The molecule has 6 nitrogen and oxygen atoms in total. The van der Waals surface area contributed by atoms with Crippen molar-refractivity contribution >= 4 is 21.4 Å². The van der Waals surface area contributed by atoms with Gasteiger partial charge in [0.2, 0.25) is 10.0 Å². The van der Waals surface area contributed by atoms with Crippen molar-refractivity contribution in [1.29, 1.82) is 0 Å². The third-order valence-electron chi connectivity index (χ3n) is 3.10. The average molecular weight is 300 g/mol. The number of nitrogens with one attached hydrogen (secondary N) is 1. The lowest BCUT2D eigenvalue weighted by Crippen LogP contribution is -2.34. The second-order valence-corrected chi connectivity index (χ2v) is 6.43. The molecule has 0 aliphatic heterocycles. The Bertz CT molecular complexity index is 541. The third kappa shape index (κ3) is 4.99. The number of rotatable bonds is 7. The number of hydrogen-bond donors (Lipinski definition) is 3. The van der Waals surface area contributed by atoms with Crippen LogP contribution in [0, 0.1) is 0 Å². The summed E-state index contributed by atoms with van der Waals surface area (Å²) in [6, 6.07) is 4.73. The van der Waals surface area contributed by atoms with E-state index < -0.39 is 10.0 Å². The van der Waals surface area contributed by atoms with Gasteiger partial charge in [0.15, 0.2) is 0 Å². The van der Waals surface area contributed by atoms with Crippen LogP contribution in [0.2, 0.25) is 0 Å². The molecule has 20 heavy (non-hydrogen) atoms. The van der Waals surface area contributed by atoms with Crippen LogP contribution < -0.4 is 16.2 Å². The van der Waals surface area contributed by atoms with Gasteiger partial charge < -0.3 is 16.0 Å². The average Bonchev–Trinajstić information content (AvgIpc) is 2.34. The normalized spacial score (nSPS) is 13.4. The van der Waals surface area contributed by atoms with E-state index >= 15 is 0 Å². The summed E-state index contributed by atoms with van der Waals surface area (Å²) in [5.74, 6) is 0. The summed E-state index contributed by atoms with van der Waals surface area (Å²) in [6.07, 6.45) is 0. The van der Waals surface area contributed by atoms with Crippen molar-refractivity contribution < 1.29 is 8.42 Å². The van der Waals surface area contributed by atoms with Crippen molar-refractivity contribution in [2.45, 2.75) is 31.7 Å². The summed E-state index contributed by atoms with van der Waals surface area (Å²) in [5.41, 5.74) is 6.75. The Morgan fingerprint density at radius 1 is 1.25 bits per heavy atom. The molecular formula is C13H24N4O2S. The number of benzene rings is 1. The molecule has 0 aliphatic carbocycles. The highest BCUT2D eigenvalue weighted by Crippen LogP contribution is 2.20. The number of nitrogens with two attached hydrogens (primary N) is 2. The third-order valence-corrected chi connectivity index (χ3v) is 3.99. The maximum absolute atomic E-state index is 11.4. The Balaban J connectivity index is 2.85. The monoisotopic (exact) mass is 300 g/mol. The van der Waals surface area contributed by atoms with E-state index in [-0.39, 0.29) is 10.9 Å². The first-order valence-electron chi connectivity index (χ1n) is 6.68. The van der Waals surface area contributed by atoms with E-state index in [1.54, 1.807) is 6.07 Å². The number of sulfonamides is 1. The van der Waals surface area contributed by atoms with E-state index in [2.05, 4.69) is 24.1 Å². The van der Waals surface area contributed by atoms with Gasteiger partial charge in [-0.25, -0.2) is 13.6 Å². The van der Waals surface area contributed by atoms with Gasteiger partial charge >= 0.3 is 0 Å². The lowest BCUT2D eigenvalue weighted by atomic mass is 10.2. The molecule has 1 aromatic carbocycles. The SMILES string of the molecule is CCN(CC)CC(C)Nc1cc(N)cc(S(N)(=O)=O)c1. The topological polar surface area (TPSA) is 101 Å². The van der Waals surface area contributed by atoms with Crippen molar-refractivity contribution in [3.63, 3.8) is 0 Å². The summed E-state index contributed by atoms with van der Waals surface area (Å²) in [4.78, 5) is 2.31. The number of nitrogens with zero attached hydrogens (tertiary/aromatic N) is 1. The van der Waals surface area contributed by atoms with Gasteiger partial charge in [0, 0.05) is 24.0 Å². The molecular weight excluding hydrogens is 276 g/mol. The van der Waals surface area contributed by atoms with Gasteiger partial charge in [-0.15, -0.1) is 0 Å². The molecule has 0 saturated heterocycles. The second-order valence-electron chi connectivity index (χ2n) is 4.87. The Morgan fingerprint density at radius 3 is 2.35 bits per heavy atom. The molecule has 0 amide bonds. The smallest absolute Gasteiger partial charge is 0.238 e. The first-order chi connectivity index (χ1) is 9.26. The first kappa shape index (κ1) is 16.7. The standard InChI is InChI=1S/C13H24N4O2S/c1-4-17(5-2)9-10(3)16-12-6-11(14)7-13(8-12)20(15,18)19/h6-8,10,16H,4-5,9,14H2,1-3H3,(H2,15,18,19). The molecule has 0 heterocycles. The van der Waals surface area contributed by atoms with Crippen molar-refractivity contribution in [1.82, 2.24) is 4.90 Å². The molecule has 1 unspecified atom stereocenters. The summed E-state index contributed by atoms with van der Waals surface area (Å²) >= 11 is 0. The van der Waals surface area contributed by atoms with Crippen LogP contribution in [0.15, 0.2) is 23.1 Å². The molecule has 0 saturated carbocycles. The molecule has 0 spiro atoms. The van der Waals surface area contributed by atoms with Crippen molar-refractivity contribution in [3.05, 3.63) is 18.2 Å². The van der Waals surface area contributed by atoms with Crippen molar-refractivity contribution in [2.24, 2.45) is 5.14 Å². The molecule has 114 valence electrons. The summed E-state index contributed by atoms with van der Waals surface area (Å²) in [5, 5.41) is 8.38. The fourth-order valence-electron chi connectivity index (χ4n) is 2.07. The number of primary sulfonamides is 1. The number of likely N-dealkylation sites (N-methyl/N-ethyl adjacent to an activating group) is 1. The summed E-state index contributed by atoms with van der Waals surface area (Å²) < 4.78 is 22.8. The van der Waals surface area contributed by atoms with E-state index in [1.807, 2.05) is 6.92 Å². The Kier molecular flexibility index (Phi) is 5.79. The van der Waals surface area contributed by atoms with Gasteiger partial charge in [-0.1, -0.05) is 13.8 Å². The van der Waals surface area contributed by atoms with Gasteiger partial charge in [-0.05, 0) is 38.2 Å². The van der Waals surface area contributed by atoms with E-state index in [1.165, 1.54) is 12.1 Å². The van der Waals surface area contributed by atoms with Crippen LogP contribution in [0.25, 0.3) is 0 Å². The Morgan fingerprint density at radius 2 is 1.85 bits per heavy atom. The zero-order chi connectivity index (χ0) is 15.3. The minimum Gasteiger partial charge on any atom is -0.399 e. The van der Waals surface area contributed by atoms with Crippen LogP contribution in [0.4, 0.5) is 11.4 Å². The summed E-state index contributed by atoms with van der Waals surface area (Å²) in [6.45, 7) is 9.07. The number of anilines is 2. The minimum absolute atomic E-state index is 0.0232. The van der Waals surface area contributed by atoms with Crippen molar-refractivity contribution in [2.75, 3.05) is 30.7 Å². The van der Waals surface area contributed by atoms with E-state index in [4.69, 9.17) is 10.9 Å². The lowest BCUT2D eigenvalue weighted by Gasteiger charge is -2.24. The molecule has 1 atom stereocenters. The quantitative estimate of drug-likeness (QED) is 0.654. The zero-order valence-electron chi connectivity index (χ0n) is 12.3. The van der Waals surface area contributed by atoms with Crippen LogP contribution in [0.3, 0.4) is 0 Å². The van der Waals surface area contributed by atoms with Gasteiger partial charge in [0.25, 0.3) is 0 Å². The van der Waals surface area contributed by atoms with E-state index in [0.717, 1.165) is 19.6 Å². The Labute approximate surface area is 121 Å². The molecule has 5 N–H and O–H groups in total. The number of hydrogen-bond acceptors (Lipinski definition) is 5. The maximum atomic E-state index is 11.4.